The second-order valence-corrected chi connectivity index (χ2v) is 10.9. The summed E-state index contributed by atoms with van der Waals surface area (Å²) < 4.78 is 62.1. The highest BCUT2D eigenvalue weighted by Crippen LogP contribution is 2.55. The van der Waals surface area contributed by atoms with Crippen LogP contribution in [0, 0.1) is 5.92 Å². The molecule has 1 aliphatic carbocycles. The maximum Gasteiger partial charge on any atom is 0.501 e. The molecule has 1 aliphatic heterocycles. The molecule has 1 aromatic heterocycles. The van der Waals surface area contributed by atoms with Crippen LogP contribution in [0.5, 0.6) is 0 Å². The van der Waals surface area contributed by atoms with Crippen LogP contribution in [-0.2, 0) is 14.6 Å². The van der Waals surface area contributed by atoms with Crippen molar-refractivity contribution in [2.75, 3.05) is 15.1 Å². The van der Waals surface area contributed by atoms with E-state index in [1.54, 1.807) is 37.3 Å². The van der Waals surface area contributed by atoms with Gasteiger partial charge in [-0.3, -0.25) is 14.5 Å². The SMILES string of the molecule is CC1CC12C(=O)N(c1ccc(S(=O)(=O)C(F)(F)F)cc1)C(=O)N2c1ccnc(NC(=O)c2ccccc2)c1. The number of sulfone groups is 1. The summed E-state index contributed by atoms with van der Waals surface area (Å²) in [5.41, 5.74) is -6.12. The van der Waals surface area contributed by atoms with E-state index >= 15 is 0 Å². The van der Waals surface area contributed by atoms with E-state index in [0.717, 1.165) is 17.0 Å². The highest BCUT2D eigenvalue weighted by atomic mass is 32.2. The Morgan fingerprint density at radius 3 is 2.24 bits per heavy atom. The molecule has 38 heavy (non-hydrogen) atoms. The number of aromatic nitrogens is 1. The van der Waals surface area contributed by atoms with Crippen LogP contribution >= 0.6 is 0 Å². The molecule has 1 saturated carbocycles. The Morgan fingerprint density at radius 1 is 1.03 bits per heavy atom. The number of carbonyl (C=O) groups excluding carboxylic acids is 3. The van der Waals surface area contributed by atoms with Gasteiger partial charge in [0.1, 0.15) is 11.4 Å². The normalized spacial score (nSPS) is 21.2. The third-order valence-electron chi connectivity index (χ3n) is 6.62. The van der Waals surface area contributed by atoms with Crippen molar-refractivity contribution in [3.63, 3.8) is 0 Å². The van der Waals surface area contributed by atoms with E-state index in [0.29, 0.717) is 24.1 Å². The second-order valence-electron chi connectivity index (χ2n) is 8.95. The van der Waals surface area contributed by atoms with Crippen molar-refractivity contribution in [3.8, 4) is 0 Å². The maximum atomic E-state index is 13.5. The number of halogens is 3. The van der Waals surface area contributed by atoms with Crippen LogP contribution in [0.25, 0.3) is 0 Å². The van der Waals surface area contributed by atoms with Gasteiger partial charge in [-0.05, 0) is 54.8 Å². The van der Waals surface area contributed by atoms with Gasteiger partial charge in [-0.1, -0.05) is 25.1 Å². The Morgan fingerprint density at radius 2 is 1.66 bits per heavy atom. The number of imide groups is 1. The standard InChI is InChI=1S/C25H19F3N4O5S/c1-15-14-24(15)22(34)31(17-7-9-19(10-8-17)38(36,37)25(26,27)28)23(35)32(24)18-11-12-29-20(13-18)30-21(33)16-5-3-2-4-6-16/h2-13,15H,14H2,1H3,(H,29,30,33). The number of amides is 4. The van der Waals surface area contributed by atoms with Crippen LogP contribution in [0.15, 0.2) is 77.8 Å². The highest BCUT2D eigenvalue weighted by molar-refractivity contribution is 7.92. The fraction of sp³-hybridized carbons (Fsp3) is 0.200. The molecule has 5 rings (SSSR count). The Bertz CT molecular complexity index is 1560. The summed E-state index contributed by atoms with van der Waals surface area (Å²) in [6, 6.07) is 13.9. The number of urea groups is 1. The largest absolute Gasteiger partial charge is 0.501 e. The first-order chi connectivity index (χ1) is 17.9. The van der Waals surface area contributed by atoms with Crippen molar-refractivity contribution in [3.05, 3.63) is 78.5 Å². The average molecular weight is 545 g/mol. The zero-order valence-corrected chi connectivity index (χ0v) is 20.5. The van der Waals surface area contributed by atoms with Crippen molar-refractivity contribution in [1.29, 1.82) is 0 Å². The molecule has 13 heteroatoms. The van der Waals surface area contributed by atoms with Crippen LogP contribution in [-0.4, -0.2) is 42.3 Å². The number of pyridine rings is 1. The number of benzene rings is 2. The molecule has 2 fully saturated rings. The van der Waals surface area contributed by atoms with Crippen LogP contribution in [0.4, 0.5) is 35.2 Å². The van der Waals surface area contributed by atoms with Gasteiger partial charge >= 0.3 is 11.5 Å². The third-order valence-corrected chi connectivity index (χ3v) is 8.12. The molecule has 196 valence electrons. The minimum absolute atomic E-state index is 0.0752. The van der Waals surface area contributed by atoms with Gasteiger partial charge in [0.25, 0.3) is 21.7 Å². The minimum Gasteiger partial charge on any atom is -0.307 e. The van der Waals surface area contributed by atoms with E-state index in [4.69, 9.17) is 0 Å². The van der Waals surface area contributed by atoms with Crippen molar-refractivity contribution >= 4 is 44.9 Å². The van der Waals surface area contributed by atoms with Gasteiger partial charge in [0, 0.05) is 17.8 Å². The second kappa shape index (κ2) is 8.65. The molecular formula is C25H19F3N4O5S. The van der Waals surface area contributed by atoms with Crippen LogP contribution in [0.3, 0.4) is 0 Å². The maximum absolute atomic E-state index is 13.5. The fourth-order valence-electron chi connectivity index (χ4n) is 4.55. The quantitative estimate of drug-likeness (QED) is 0.477. The molecule has 1 N–H and O–H groups in total. The molecule has 3 aromatic rings. The van der Waals surface area contributed by atoms with Gasteiger partial charge in [0.05, 0.1) is 16.3 Å². The van der Waals surface area contributed by atoms with E-state index < -0.39 is 43.6 Å². The molecule has 2 heterocycles. The molecule has 2 unspecified atom stereocenters. The Hall–Kier alpha value is -4.26. The van der Waals surface area contributed by atoms with Gasteiger partial charge < -0.3 is 5.32 Å². The van der Waals surface area contributed by atoms with Gasteiger partial charge in [-0.15, -0.1) is 0 Å². The highest BCUT2D eigenvalue weighted by Gasteiger charge is 2.70. The summed E-state index contributed by atoms with van der Waals surface area (Å²) in [7, 11) is -5.59. The topological polar surface area (TPSA) is 117 Å². The molecular weight excluding hydrogens is 525 g/mol. The number of hydrogen-bond donors (Lipinski definition) is 1. The summed E-state index contributed by atoms with van der Waals surface area (Å²) in [5, 5.41) is 2.65. The average Bonchev–Trinajstić information content (AvgIpc) is 3.49. The van der Waals surface area contributed by atoms with Crippen molar-refractivity contribution in [2.45, 2.75) is 29.3 Å². The monoisotopic (exact) mass is 544 g/mol. The van der Waals surface area contributed by atoms with Gasteiger partial charge in [-0.2, -0.15) is 13.2 Å². The lowest BCUT2D eigenvalue weighted by molar-refractivity contribution is -0.119. The predicted octanol–water partition coefficient (Wildman–Crippen LogP) is 4.38. The molecule has 1 spiro atoms. The summed E-state index contributed by atoms with van der Waals surface area (Å²) in [6.45, 7) is 1.78. The molecule has 4 amide bonds. The number of anilines is 3. The number of nitrogens with one attached hydrogen (secondary N) is 1. The molecule has 1 saturated heterocycles. The van der Waals surface area contributed by atoms with Crippen LogP contribution in [0.1, 0.15) is 23.7 Å². The number of hydrogen-bond acceptors (Lipinski definition) is 6. The first kappa shape index (κ1) is 25.4. The molecule has 2 aromatic carbocycles. The first-order valence-corrected chi connectivity index (χ1v) is 12.8. The van der Waals surface area contributed by atoms with Crippen LogP contribution < -0.4 is 15.1 Å². The lowest BCUT2D eigenvalue weighted by Gasteiger charge is -2.22. The number of carbonyl (C=O) groups is 3. The van der Waals surface area contributed by atoms with Crippen molar-refractivity contribution in [2.24, 2.45) is 5.92 Å². The Kier molecular flexibility index (Phi) is 5.78. The summed E-state index contributed by atoms with van der Waals surface area (Å²) in [6.07, 6.45) is 1.70. The number of rotatable bonds is 5. The van der Waals surface area contributed by atoms with E-state index in [9.17, 15) is 36.0 Å². The first-order valence-electron chi connectivity index (χ1n) is 11.3. The van der Waals surface area contributed by atoms with E-state index in [1.165, 1.54) is 23.2 Å². The summed E-state index contributed by atoms with van der Waals surface area (Å²) in [4.78, 5) is 44.8. The van der Waals surface area contributed by atoms with Gasteiger partial charge in [0.15, 0.2) is 0 Å². The van der Waals surface area contributed by atoms with E-state index in [-0.39, 0.29) is 23.1 Å². The lowest BCUT2D eigenvalue weighted by atomic mass is 10.1. The third kappa shape index (κ3) is 3.90. The molecule has 9 nitrogen and oxygen atoms in total. The number of alkyl halides is 3. The molecule has 2 aliphatic rings. The summed E-state index contributed by atoms with van der Waals surface area (Å²) in [5.74, 6) is -1.11. The zero-order valence-electron chi connectivity index (χ0n) is 19.6. The van der Waals surface area contributed by atoms with Gasteiger partial charge in [0.2, 0.25) is 0 Å². The molecule has 2 atom stereocenters. The van der Waals surface area contributed by atoms with E-state index in [2.05, 4.69) is 10.3 Å². The van der Waals surface area contributed by atoms with Crippen molar-refractivity contribution in [1.82, 2.24) is 4.98 Å². The Labute approximate surface area is 214 Å². The Balaban J connectivity index is 1.46. The number of nitrogens with zero attached hydrogens (tertiary/aromatic N) is 3. The van der Waals surface area contributed by atoms with E-state index in [1.807, 2.05) is 0 Å². The van der Waals surface area contributed by atoms with Crippen LogP contribution in [0.2, 0.25) is 0 Å². The predicted molar refractivity (Wildman–Crippen MR) is 130 cm³/mol. The molecule has 0 radical (unpaired) electrons. The van der Waals surface area contributed by atoms with Crippen molar-refractivity contribution < 1.29 is 36.0 Å². The lowest BCUT2D eigenvalue weighted by Crippen LogP contribution is -2.39. The zero-order chi connectivity index (χ0) is 27.5. The van der Waals surface area contributed by atoms with Gasteiger partial charge in [-0.25, -0.2) is 23.1 Å². The molecule has 0 bridgehead atoms. The smallest absolute Gasteiger partial charge is 0.307 e. The minimum atomic E-state index is -5.59. The fourth-order valence-corrected chi connectivity index (χ4v) is 5.31. The summed E-state index contributed by atoms with van der Waals surface area (Å²) >= 11 is 0.